The van der Waals surface area contributed by atoms with Crippen LogP contribution in [-0.2, 0) is 0 Å². The predicted octanol–water partition coefficient (Wildman–Crippen LogP) is 3.82. The van der Waals surface area contributed by atoms with Gasteiger partial charge in [-0.15, -0.1) is 0 Å². The van der Waals surface area contributed by atoms with Gasteiger partial charge >= 0.3 is 0 Å². The van der Waals surface area contributed by atoms with E-state index < -0.39 is 0 Å². The number of hydrogen-bond acceptors (Lipinski definition) is 1. The van der Waals surface area contributed by atoms with Crippen LogP contribution in [-0.4, -0.2) is 6.04 Å². The Morgan fingerprint density at radius 2 is 1.67 bits per heavy atom. The molecule has 1 N–H and O–H groups in total. The van der Waals surface area contributed by atoms with Crippen LogP contribution in [0.2, 0.25) is 0 Å². The molecule has 1 nitrogen and oxygen atoms in total. The Balaban J connectivity index is 3.05. The molecule has 1 aliphatic rings. The standard InChI is InChI=1S/C14H27N/c1-10(2)12-11(3)14(6,7)13(4,5)8-9-15-12/h8-12,15H,1-7H3. The van der Waals surface area contributed by atoms with Crippen molar-refractivity contribution in [1.29, 1.82) is 0 Å². The first-order valence-corrected chi connectivity index (χ1v) is 6.14. The van der Waals surface area contributed by atoms with Gasteiger partial charge in [0, 0.05) is 6.04 Å². The van der Waals surface area contributed by atoms with Crippen LogP contribution >= 0.6 is 0 Å². The van der Waals surface area contributed by atoms with Crippen LogP contribution in [0.4, 0.5) is 0 Å². The fourth-order valence-electron chi connectivity index (χ4n) is 2.53. The first-order valence-electron chi connectivity index (χ1n) is 6.14. The zero-order valence-electron chi connectivity index (χ0n) is 11.4. The van der Waals surface area contributed by atoms with Crippen LogP contribution in [0, 0.1) is 22.7 Å². The molecule has 88 valence electrons. The van der Waals surface area contributed by atoms with Crippen LogP contribution in [0.3, 0.4) is 0 Å². The molecule has 0 bridgehead atoms. The minimum atomic E-state index is 0.253. The number of hydrogen-bond donors (Lipinski definition) is 1. The third-order valence-electron chi connectivity index (χ3n) is 4.84. The SMILES string of the molecule is CC(C)C1NC=CC(C)(C)C(C)(C)C1C. The Hall–Kier alpha value is -0.460. The smallest absolute Gasteiger partial charge is 0.0309 e. The molecule has 0 aliphatic carbocycles. The summed E-state index contributed by atoms with van der Waals surface area (Å²) in [5.74, 6) is 1.35. The zero-order chi connectivity index (χ0) is 11.9. The largest absolute Gasteiger partial charge is 0.388 e. The third-order valence-corrected chi connectivity index (χ3v) is 4.84. The van der Waals surface area contributed by atoms with E-state index in [1.54, 1.807) is 0 Å². The van der Waals surface area contributed by atoms with Gasteiger partial charge in [0.2, 0.25) is 0 Å². The van der Waals surface area contributed by atoms with Gasteiger partial charge < -0.3 is 5.32 Å². The molecule has 0 saturated heterocycles. The highest BCUT2D eigenvalue weighted by Crippen LogP contribution is 2.48. The summed E-state index contributed by atoms with van der Waals surface area (Å²) in [4.78, 5) is 0. The van der Waals surface area contributed by atoms with Crippen molar-refractivity contribution in [3.05, 3.63) is 12.3 Å². The third kappa shape index (κ3) is 2.07. The minimum Gasteiger partial charge on any atom is -0.388 e. The molecular weight excluding hydrogens is 182 g/mol. The summed E-state index contributed by atoms with van der Waals surface area (Å²) in [6.07, 6.45) is 4.49. The summed E-state index contributed by atoms with van der Waals surface area (Å²) in [6, 6.07) is 0.582. The topological polar surface area (TPSA) is 12.0 Å². The van der Waals surface area contributed by atoms with Gasteiger partial charge in [0.15, 0.2) is 0 Å². The molecule has 1 aliphatic heterocycles. The lowest BCUT2D eigenvalue weighted by atomic mass is 9.59. The summed E-state index contributed by atoms with van der Waals surface area (Å²) in [6.45, 7) is 16.4. The highest BCUT2D eigenvalue weighted by atomic mass is 14.9. The molecule has 0 amide bonds. The molecule has 1 heteroatoms. The van der Waals surface area contributed by atoms with E-state index in [4.69, 9.17) is 0 Å². The van der Waals surface area contributed by atoms with Crippen LogP contribution in [0.5, 0.6) is 0 Å². The predicted molar refractivity (Wildman–Crippen MR) is 67.6 cm³/mol. The van der Waals surface area contributed by atoms with E-state index in [0.29, 0.717) is 23.3 Å². The Labute approximate surface area is 95.3 Å². The lowest BCUT2D eigenvalue weighted by molar-refractivity contribution is 0.0627. The monoisotopic (exact) mass is 209 g/mol. The van der Waals surface area contributed by atoms with Gasteiger partial charge in [0.1, 0.15) is 0 Å². The van der Waals surface area contributed by atoms with Crippen molar-refractivity contribution in [2.24, 2.45) is 22.7 Å². The van der Waals surface area contributed by atoms with Gasteiger partial charge in [-0.3, -0.25) is 0 Å². The van der Waals surface area contributed by atoms with E-state index in [-0.39, 0.29) is 5.41 Å². The molecule has 0 aromatic heterocycles. The summed E-state index contributed by atoms with van der Waals surface area (Å²) >= 11 is 0. The Morgan fingerprint density at radius 1 is 1.13 bits per heavy atom. The Bertz CT molecular complexity index is 248. The van der Waals surface area contributed by atoms with Gasteiger partial charge in [-0.25, -0.2) is 0 Å². The summed E-state index contributed by atoms with van der Waals surface area (Å²) < 4.78 is 0. The molecule has 2 atom stereocenters. The molecule has 0 radical (unpaired) electrons. The molecule has 0 saturated carbocycles. The van der Waals surface area contributed by atoms with Crippen molar-refractivity contribution in [3.63, 3.8) is 0 Å². The van der Waals surface area contributed by atoms with Gasteiger partial charge in [0.25, 0.3) is 0 Å². The molecule has 0 aromatic rings. The van der Waals surface area contributed by atoms with E-state index in [1.165, 1.54) is 0 Å². The van der Waals surface area contributed by atoms with Gasteiger partial charge in [-0.1, -0.05) is 54.5 Å². The quantitative estimate of drug-likeness (QED) is 0.692. The fourth-order valence-corrected chi connectivity index (χ4v) is 2.53. The second kappa shape index (κ2) is 3.84. The normalized spacial score (nSPS) is 33.6. The number of allylic oxidation sites excluding steroid dienone is 1. The maximum atomic E-state index is 3.56. The van der Waals surface area contributed by atoms with E-state index in [9.17, 15) is 0 Å². The summed E-state index contributed by atoms with van der Waals surface area (Å²) in [5, 5.41) is 3.56. The maximum Gasteiger partial charge on any atom is 0.0309 e. The zero-order valence-corrected chi connectivity index (χ0v) is 11.4. The van der Waals surface area contributed by atoms with E-state index >= 15 is 0 Å². The van der Waals surface area contributed by atoms with Crippen LogP contribution in [0.1, 0.15) is 48.5 Å². The second-order valence-corrected chi connectivity index (χ2v) is 6.50. The molecule has 1 heterocycles. The molecule has 0 spiro atoms. The second-order valence-electron chi connectivity index (χ2n) is 6.50. The van der Waals surface area contributed by atoms with E-state index in [2.05, 4.69) is 66.1 Å². The maximum absolute atomic E-state index is 3.56. The molecule has 0 aromatic carbocycles. The van der Waals surface area contributed by atoms with Gasteiger partial charge in [-0.05, 0) is 28.9 Å². The van der Waals surface area contributed by atoms with Crippen molar-refractivity contribution in [1.82, 2.24) is 5.32 Å². The number of rotatable bonds is 1. The minimum absolute atomic E-state index is 0.253. The number of nitrogens with one attached hydrogen (secondary N) is 1. The van der Waals surface area contributed by atoms with Crippen LogP contribution in [0.25, 0.3) is 0 Å². The van der Waals surface area contributed by atoms with Crippen molar-refractivity contribution < 1.29 is 0 Å². The van der Waals surface area contributed by atoms with Crippen molar-refractivity contribution in [2.45, 2.75) is 54.5 Å². The Kier molecular flexibility index (Phi) is 3.23. The van der Waals surface area contributed by atoms with Crippen LogP contribution in [0.15, 0.2) is 12.3 Å². The summed E-state index contributed by atoms with van der Waals surface area (Å²) in [5.41, 5.74) is 0.574. The average molecular weight is 209 g/mol. The highest BCUT2D eigenvalue weighted by molar-refractivity contribution is 5.09. The van der Waals surface area contributed by atoms with Crippen molar-refractivity contribution in [3.8, 4) is 0 Å². The van der Waals surface area contributed by atoms with Gasteiger partial charge in [0.05, 0.1) is 0 Å². The first kappa shape index (κ1) is 12.6. The molecule has 1 rings (SSSR count). The molecule has 2 unspecified atom stereocenters. The van der Waals surface area contributed by atoms with Crippen molar-refractivity contribution in [2.75, 3.05) is 0 Å². The Morgan fingerprint density at radius 3 is 2.13 bits per heavy atom. The molecule has 0 fully saturated rings. The summed E-state index contributed by atoms with van der Waals surface area (Å²) in [7, 11) is 0. The average Bonchev–Trinajstić information content (AvgIpc) is 2.15. The van der Waals surface area contributed by atoms with Crippen LogP contribution < -0.4 is 5.32 Å². The van der Waals surface area contributed by atoms with Gasteiger partial charge in [-0.2, -0.15) is 0 Å². The first-order chi connectivity index (χ1) is 6.70. The lowest BCUT2D eigenvalue weighted by Crippen LogP contribution is -2.45. The lowest BCUT2D eigenvalue weighted by Gasteiger charge is -2.46. The fraction of sp³-hybridized carbons (Fsp3) is 0.857. The molecular formula is C14H27N. The van der Waals surface area contributed by atoms with Crippen molar-refractivity contribution >= 4 is 0 Å². The highest BCUT2D eigenvalue weighted by Gasteiger charge is 2.44. The molecule has 15 heavy (non-hydrogen) atoms. The van der Waals surface area contributed by atoms with E-state index in [0.717, 1.165) is 0 Å². The van der Waals surface area contributed by atoms with E-state index in [1.807, 2.05) is 0 Å².